The Bertz CT molecular complexity index is 694. The third kappa shape index (κ3) is 2.36. The molecule has 2 heterocycles. The maximum atomic E-state index is 5.40. The summed E-state index contributed by atoms with van der Waals surface area (Å²) in [4.78, 5) is 4.42. The Kier molecular flexibility index (Phi) is 3.25. The highest BCUT2D eigenvalue weighted by atomic mass is 79.9. The van der Waals surface area contributed by atoms with Crippen molar-refractivity contribution in [3.63, 3.8) is 0 Å². The molecule has 1 aromatic carbocycles. The van der Waals surface area contributed by atoms with Gasteiger partial charge in [0, 0.05) is 21.4 Å². The Labute approximate surface area is 119 Å². The average molecular weight is 317 g/mol. The van der Waals surface area contributed by atoms with Crippen LogP contribution in [0.2, 0.25) is 0 Å². The fraction of sp³-hybridized carbons (Fsp3) is 0.133. The van der Waals surface area contributed by atoms with Gasteiger partial charge in [-0.25, -0.2) is 4.98 Å². The summed E-state index contributed by atoms with van der Waals surface area (Å²) in [5.41, 5.74) is 0. The summed E-state index contributed by atoms with van der Waals surface area (Å²) in [5.74, 6) is 1.76. The quantitative estimate of drug-likeness (QED) is 0.756. The number of nitrogens with zero attached hydrogens (tertiary/aromatic N) is 1. The highest BCUT2D eigenvalue weighted by Crippen LogP contribution is 2.29. The fourth-order valence-corrected chi connectivity index (χ4v) is 2.60. The third-order valence-corrected chi connectivity index (χ3v) is 3.77. The lowest BCUT2D eigenvalue weighted by atomic mass is 10.1. The molecule has 0 aliphatic heterocycles. The largest absolute Gasteiger partial charge is 0.467 e. The van der Waals surface area contributed by atoms with Crippen LogP contribution in [0, 0.1) is 0 Å². The van der Waals surface area contributed by atoms with Crippen molar-refractivity contribution in [3.05, 3.63) is 59.1 Å². The smallest absolute Gasteiger partial charge is 0.134 e. The van der Waals surface area contributed by atoms with Crippen molar-refractivity contribution >= 4 is 32.5 Å². The maximum Gasteiger partial charge on any atom is 0.134 e. The van der Waals surface area contributed by atoms with E-state index >= 15 is 0 Å². The first-order valence-corrected chi connectivity index (χ1v) is 6.88. The minimum absolute atomic E-state index is 0.0760. The van der Waals surface area contributed by atoms with E-state index in [9.17, 15) is 0 Å². The first-order chi connectivity index (χ1) is 9.25. The van der Waals surface area contributed by atoms with Crippen LogP contribution in [-0.4, -0.2) is 4.98 Å². The molecule has 1 unspecified atom stereocenters. The van der Waals surface area contributed by atoms with Crippen LogP contribution in [0.3, 0.4) is 0 Å². The molecule has 3 rings (SSSR count). The highest BCUT2D eigenvalue weighted by Gasteiger charge is 2.11. The van der Waals surface area contributed by atoms with Crippen LogP contribution < -0.4 is 5.32 Å². The number of hydrogen-bond donors (Lipinski definition) is 1. The standard InChI is InChI=1S/C15H13BrN2O/c1-10(14-6-3-9-19-14)18-15-12-4-2-5-13(16)11(12)7-8-17-15/h2-10H,1H3,(H,17,18). The van der Waals surface area contributed by atoms with Gasteiger partial charge in [-0.3, -0.25) is 0 Å². The van der Waals surface area contributed by atoms with Gasteiger partial charge in [0.2, 0.25) is 0 Å². The summed E-state index contributed by atoms with van der Waals surface area (Å²) in [7, 11) is 0. The Balaban J connectivity index is 1.99. The van der Waals surface area contributed by atoms with Crippen molar-refractivity contribution in [1.29, 1.82) is 0 Å². The second-order valence-electron chi connectivity index (χ2n) is 4.38. The van der Waals surface area contributed by atoms with E-state index in [1.54, 1.807) is 6.26 Å². The molecule has 0 spiro atoms. The molecule has 1 N–H and O–H groups in total. The minimum atomic E-state index is 0.0760. The fourth-order valence-electron chi connectivity index (χ4n) is 2.10. The van der Waals surface area contributed by atoms with Crippen LogP contribution in [0.4, 0.5) is 5.82 Å². The van der Waals surface area contributed by atoms with Gasteiger partial charge in [-0.05, 0) is 31.2 Å². The van der Waals surface area contributed by atoms with E-state index in [1.807, 2.05) is 36.5 Å². The molecule has 0 aliphatic carbocycles. The SMILES string of the molecule is CC(Nc1nccc2c(Br)cccc12)c1ccco1. The predicted molar refractivity (Wildman–Crippen MR) is 80.2 cm³/mol. The molecule has 0 amide bonds. The lowest BCUT2D eigenvalue weighted by molar-refractivity contribution is 0.490. The summed E-state index contributed by atoms with van der Waals surface area (Å²) >= 11 is 3.56. The zero-order valence-electron chi connectivity index (χ0n) is 10.4. The number of pyridine rings is 1. The normalized spacial score (nSPS) is 12.5. The summed E-state index contributed by atoms with van der Waals surface area (Å²) < 4.78 is 6.47. The molecule has 2 aromatic heterocycles. The van der Waals surface area contributed by atoms with Gasteiger partial charge in [-0.15, -0.1) is 0 Å². The Morgan fingerprint density at radius 2 is 2.05 bits per heavy atom. The highest BCUT2D eigenvalue weighted by molar-refractivity contribution is 9.10. The Hall–Kier alpha value is -1.81. The molecule has 0 saturated carbocycles. The van der Waals surface area contributed by atoms with Crippen LogP contribution in [0.25, 0.3) is 10.8 Å². The van der Waals surface area contributed by atoms with E-state index < -0.39 is 0 Å². The summed E-state index contributed by atoms with van der Waals surface area (Å²) in [6.07, 6.45) is 3.49. The van der Waals surface area contributed by atoms with E-state index in [1.165, 1.54) is 0 Å². The molecular formula is C15H13BrN2O. The predicted octanol–water partition coefficient (Wildman–Crippen LogP) is 4.76. The Morgan fingerprint density at radius 3 is 2.84 bits per heavy atom. The van der Waals surface area contributed by atoms with E-state index in [0.29, 0.717) is 0 Å². The summed E-state index contributed by atoms with van der Waals surface area (Å²) in [6, 6.07) is 12.0. The number of halogens is 1. The lowest BCUT2D eigenvalue weighted by Crippen LogP contribution is -2.07. The topological polar surface area (TPSA) is 38.1 Å². The number of rotatable bonds is 3. The zero-order chi connectivity index (χ0) is 13.2. The molecule has 0 saturated heterocycles. The summed E-state index contributed by atoms with van der Waals surface area (Å²) in [6.45, 7) is 2.05. The third-order valence-electron chi connectivity index (χ3n) is 3.08. The van der Waals surface area contributed by atoms with Gasteiger partial charge >= 0.3 is 0 Å². The lowest BCUT2D eigenvalue weighted by Gasteiger charge is -2.14. The number of nitrogens with one attached hydrogen (secondary N) is 1. The first-order valence-electron chi connectivity index (χ1n) is 6.09. The second-order valence-corrected chi connectivity index (χ2v) is 5.23. The molecule has 1 atom stereocenters. The van der Waals surface area contributed by atoms with Crippen LogP contribution >= 0.6 is 15.9 Å². The first kappa shape index (κ1) is 12.2. The number of furan rings is 1. The number of anilines is 1. The van der Waals surface area contributed by atoms with Gasteiger partial charge in [0.25, 0.3) is 0 Å². The van der Waals surface area contributed by atoms with Gasteiger partial charge in [0.1, 0.15) is 11.6 Å². The van der Waals surface area contributed by atoms with E-state index in [4.69, 9.17) is 4.42 Å². The van der Waals surface area contributed by atoms with Gasteiger partial charge in [0.15, 0.2) is 0 Å². The van der Waals surface area contributed by atoms with E-state index in [0.717, 1.165) is 26.8 Å². The van der Waals surface area contributed by atoms with E-state index in [-0.39, 0.29) is 6.04 Å². The second kappa shape index (κ2) is 5.05. The van der Waals surface area contributed by atoms with Gasteiger partial charge < -0.3 is 9.73 Å². The molecule has 96 valence electrons. The van der Waals surface area contributed by atoms with Crippen molar-refractivity contribution in [1.82, 2.24) is 4.98 Å². The molecule has 0 radical (unpaired) electrons. The average Bonchev–Trinajstić information content (AvgIpc) is 2.94. The molecule has 0 bridgehead atoms. The van der Waals surface area contributed by atoms with Crippen molar-refractivity contribution in [2.45, 2.75) is 13.0 Å². The van der Waals surface area contributed by atoms with Crippen molar-refractivity contribution in [3.8, 4) is 0 Å². The van der Waals surface area contributed by atoms with Gasteiger partial charge in [-0.1, -0.05) is 28.1 Å². The molecule has 0 fully saturated rings. The molecule has 4 heteroatoms. The monoisotopic (exact) mass is 316 g/mol. The molecule has 3 nitrogen and oxygen atoms in total. The van der Waals surface area contributed by atoms with Crippen LogP contribution in [0.5, 0.6) is 0 Å². The Morgan fingerprint density at radius 1 is 1.16 bits per heavy atom. The molecule has 3 aromatic rings. The van der Waals surface area contributed by atoms with Gasteiger partial charge in [-0.2, -0.15) is 0 Å². The van der Waals surface area contributed by atoms with Gasteiger partial charge in [0.05, 0.1) is 12.3 Å². The van der Waals surface area contributed by atoms with Crippen molar-refractivity contribution in [2.75, 3.05) is 5.32 Å². The minimum Gasteiger partial charge on any atom is -0.467 e. The van der Waals surface area contributed by atoms with Crippen LogP contribution in [0.1, 0.15) is 18.7 Å². The summed E-state index contributed by atoms with van der Waals surface area (Å²) in [5, 5.41) is 5.63. The molecule has 19 heavy (non-hydrogen) atoms. The number of fused-ring (bicyclic) bond motifs is 1. The molecular weight excluding hydrogens is 304 g/mol. The maximum absolute atomic E-state index is 5.40. The molecule has 0 aliphatic rings. The van der Waals surface area contributed by atoms with Crippen LogP contribution in [0.15, 0.2) is 57.7 Å². The number of benzene rings is 1. The number of hydrogen-bond acceptors (Lipinski definition) is 3. The number of aromatic nitrogens is 1. The van der Waals surface area contributed by atoms with Crippen molar-refractivity contribution < 1.29 is 4.42 Å². The zero-order valence-corrected chi connectivity index (χ0v) is 12.0. The van der Waals surface area contributed by atoms with Crippen LogP contribution in [-0.2, 0) is 0 Å². The van der Waals surface area contributed by atoms with E-state index in [2.05, 4.69) is 39.2 Å². The van der Waals surface area contributed by atoms with Crippen molar-refractivity contribution in [2.24, 2.45) is 0 Å².